The topological polar surface area (TPSA) is 51.8 Å². The zero-order valence-electron chi connectivity index (χ0n) is 9.23. The van der Waals surface area contributed by atoms with E-state index in [-0.39, 0.29) is 5.54 Å². The smallest absolute Gasteiger partial charge is 0.148 e. The first-order valence-corrected chi connectivity index (χ1v) is 6.35. The van der Waals surface area contributed by atoms with Gasteiger partial charge in [0.1, 0.15) is 5.82 Å². The normalized spacial score (nSPS) is 16.8. The third-order valence-corrected chi connectivity index (χ3v) is 3.56. The Hall–Kier alpha value is -1.26. The second kappa shape index (κ2) is 3.89. The van der Waals surface area contributed by atoms with Crippen LogP contribution in [0.25, 0.3) is 11.3 Å². The standard InChI is InChI=1S/C13H12BrN3/c14-10-3-1-9(2-4-10)11-5-8-16-12(17-11)13(15)6-7-13/h1-5,8H,6-7,15H2. The van der Waals surface area contributed by atoms with E-state index in [4.69, 9.17) is 5.73 Å². The highest BCUT2D eigenvalue weighted by Crippen LogP contribution is 2.40. The largest absolute Gasteiger partial charge is 0.319 e. The summed E-state index contributed by atoms with van der Waals surface area (Å²) in [6.07, 6.45) is 3.75. The Labute approximate surface area is 108 Å². The average molecular weight is 290 g/mol. The van der Waals surface area contributed by atoms with E-state index in [0.29, 0.717) is 0 Å². The molecule has 0 unspecified atom stereocenters. The van der Waals surface area contributed by atoms with Crippen molar-refractivity contribution in [1.29, 1.82) is 0 Å². The molecule has 4 heteroatoms. The minimum atomic E-state index is -0.272. The van der Waals surface area contributed by atoms with Crippen LogP contribution in [0.4, 0.5) is 0 Å². The van der Waals surface area contributed by atoms with Crippen molar-refractivity contribution < 1.29 is 0 Å². The molecule has 1 fully saturated rings. The van der Waals surface area contributed by atoms with E-state index in [1.165, 1.54) is 0 Å². The lowest BCUT2D eigenvalue weighted by atomic mass is 10.1. The van der Waals surface area contributed by atoms with Gasteiger partial charge in [-0.25, -0.2) is 9.97 Å². The Morgan fingerprint density at radius 1 is 1.12 bits per heavy atom. The number of nitrogens with two attached hydrogens (primary N) is 1. The van der Waals surface area contributed by atoms with E-state index < -0.39 is 0 Å². The van der Waals surface area contributed by atoms with Crippen LogP contribution in [-0.2, 0) is 5.54 Å². The number of hydrogen-bond acceptors (Lipinski definition) is 3. The number of rotatable bonds is 2. The van der Waals surface area contributed by atoms with Crippen LogP contribution in [0.2, 0.25) is 0 Å². The van der Waals surface area contributed by atoms with Gasteiger partial charge in [-0.2, -0.15) is 0 Å². The molecule has 3 nitrogen and oxygen atoms in total. The molecule has 2 aromatic rings. The predicted octanol–water partition coefficient (Wildman–Crippen LogP) is 2.85. The van der Waals surface area contributed by atoms with Gasteiger partial charge in [0.2, 0.25) is 0 Å². The fourth-order valence-electron chi connectivity index (χ4n) is 1.74. The predicted molar refractivity (Wildman–Crippen MR) is 70.3 cm³/mol. The summed E-state index contributed by atoms with van der Waals surface area (Å²) >= 11 is 3.42. The third-order valence-electron chi connectivity index (χ3n) is 3.03. The highest BCUT2D eigenvalue weighted by molar-refractivity contribution is 9.10. The molecule has 1 aliphatic carbocycles. The van der Waals surface area contributed by atoms with Gasteiger partial charge in [0.05, 0.1) is 11.2 Å². The number of halogens is 1. The number of hydrogen-bond donors (Lipinski definition) is 1. The minimum Gasteiger partial charge on any atom is -0.319 e. The second-order valence-corrected chi connectivity index (χ2v) is 5.34. The maximum absolute atomic E-state index is 6.11. The zero-order chi connectivity index (χ0) is 11.9. The zero-order valence-corrected chi connectivity index (χ0v) is 10.8. The van der Waals surface area contributed by atoms with Gasteiger partial charge < -0.3 is 5.73 Å². The van der Waals surface area contributed by atoms with Crippen molar-refractivity contribution in [3.05, 3.63) is 46.8 Å². The minimum absolute atomic E-state index is 0.272. The first-order chi connectivity index (χ1) is 8.17. The van der Waals surface area contributed by atoms with Crippen LogP contribution in [0.3, 0.4) is 0 Å². The van der Waals surface area contributed by atoms with Crippen LogP contribution >= 0.6 is 15.9 Å². The molecule has 0 saturated heterocycles. The van der Waals surface area contributed by atoms with Crippen LogP contribution in [0, 0.1) is 0 Å². The van der Waals surface area contributed by atoms with Gasteiger partial charge >= 0.3 is 0 Å². The van der Waals surface area contributed by atoms with Crippen molar-refractivity contribution in [3.8, 4) is 11.3 Å². The third kappa shape index (κ3) is 2.10. The average Bonchev–Trinajstić information content (AvgIpc) is 3.10. The molecule has 0 atom stereocenters. The van der Waals surface area contributed by atoms with Gasteiger partial charge in [0.15, 0.2) is 0 Å². The molecule has 0 radical (unpaired) electrons. The van der Waals surface area contributed by atoms with Gasteiger partial charge in [-0.15, -0.1) is 0 Å². The maximum Gasteiger partial charge on any atom is 0.148 e. The van der Waals surface area contributed by atoms with Crippen molar-refractivity contribution in [2.75, 3.05) is 0 Å². The van der Waals surface area contributed by atoms with Crippen molar-refractivity contribution in [3.63, 3.8) is 0 Å². The quantitative estimate of drug-likeness (QED) is 0.925. The summed E-state index contributed by atoms with van der Waals surface area (Å²) < 4.78 is 1.06. The fraction of sp³-hybridized carbons (Fsp3) is 0.231. The van der Waals surface area contributed by atoms with Crippen molar-refractivity contribution in [2.45, 2.75) is 18.4 Å². The Morgan fingerprint density at radius 2 is 1.82 bits per heavy atom. The molecule has 3 rings (SSSR count). The molecular weight excluding hydrogens is 278 g/mol. The van der Waals surface area contributed by atoms with Gasteiger partial charge in [-0.1, -0.05) is 28.1 Å². The van der Waals surface area contributed by atoms with E-state index >= 15 is 0 Å². The highest BCUT2D eigenvalue weighted by Gasteiger charge is 2.43. The summed E-state index contributed by atoms with van der Waals surface area (Å²) in [6.45, 7) is 0. The lowest BCUT2D eigenvalue weighted by molar-refractivity contribution is 0.673. The van der Waals surface area contributed by atoms with E-state index in [1.807, 2.05) is 30.3 Å². The van der Waals surface area contributed by atoms with Gasteiger partial charge in [-0.3, -0.25) is 0 Å². The highest BCUT2D eigenvalue weighted by atomic mass is 79.9. The lowest BCUT2D eigenvalue weighted by Gasteiger charge is -2.08. The molecule has 1 aromatic carbocycles. The van der Waals surface area contributed by atoms with Crippen molar-refractivity contribution in [1.82, 2.24) is 9.97 Å². The molecule has 1 heterocycles. The summed E-state index contributed by atoms with van der Waals surface area (Å²) in [5, 5.41) is 0. The molecule has 0 bridgehead atoms. The van der Waals surface area contributed by atoms with Gasteiger partial charge in [-0.05, 0) is 31.0 Å². The van der Waals surface area contributed by atoms with Crippen LogP contribution in [-0.4, -0.2) is 9.97 Å². The van der Waals surface area contributed by atoms with Crippen molar-refractivity contribution in [2.24, 2.45) is 5.73 Å². The molecule has 0 spiro atoms. The molecule has 86 valence electrons. The SMILES string of the molecule is NC1(c2nccc(-c3ccc(Br)cc3)n2)CC1. The van der Waals surface area contributed by atoms with E-state index in [1.54, 1.807) is 6.20 Å². The van der Waals surface area contributed by atoms with Gasteiger partial charge in [0.25, 0.3) is 0 Å². The fourth-order valence-corrected chi connectivity index (χ4v) is 2.00. The molecule has 0 aliphatic heterocycles. The monoisotopic (exact) mass is 289 g/mol. The summed E-state index contributed by atoms with van der Waals surface area (Å²) in [4.78, 5) is 8.83. The van der Waals surface area contributed by atoms with Crippen LogP contribution < -0.4 is 5.73 Å². The molecular formula is C13H12BrN3. The Balaban J connectivity index is 2.00. The Morgan fingerprint density at radius 3 is 2.47 bits per heavy atom. The van der Waals surface area contributed by atoms with Crippen LogP contribution in [0.15, 0.2) is 41.0 Å². The second-order valence-electron chi connectivity index (χ2n) is 4.43. The van der Waals surface area contributed by atoms with Crippen LogP contribution in [0.5, 0.6) is 0 Å². The van der Waals surface area contributed by atoms with Gasteiger partial charge in [0, 0.05) is 16.2 Å². The first kappa shape index (κ1) is 10.9. The Bertz CT molecular complexity index is 547. The summed E-state index contributed by atoms with van der Waals surface area (Å²) in [7, 11) is 0. The molecule has 0 amide bonds. The first-order valence-electron chi connectivity index (χ1n) is 5.56. The number of nitrogens with zero attached hydrogens (tertiary/aromatic N) is 2. The van der Waals surface area contributed by atoms with Crippen molar-refractivity contribution >= 4 is 15.9 Å². The van der Waals surface area contributed by atoms with E-state index in [2.05, 4.69) is 25.9 Å². The number of benzene rings is 1. The lowest BCUT2D eigenvalue weighted by Crippen LogP contribution is -2.22. The summed E-state index contributed by atoms with van der Waals surface area (Å²) in [5.41, 5.74) is 7.85. The van der Waals surface area contributed by atoms with Crippen LogP contribution in [0.1, 0.15) is 18.7 Å². The molecule has 1 aromatic heterocycles. The molecule has 17 heavy (non-hydrogen) atoms. The summed E-state index contributed by atoms with van der Waals surface area (Å²) in [5.74, 6) is 0.762. The Kier molecular flexibility index (Phi) is 2.49. The summed E-state index contributed by atoms with van der Waals surface area (Å²) in [6, 6.07) is 10.00. The number of aromatic nitrogens is 2. The molecule has 2 N–H and O–H groups in total. The molecule has 1 aliphatic rings. The maximum atomic E-state index is 6.11. The van der Waals surface area contributed by atoms with E-state index in [9.17, 15) is 0 Å². The van der Waals surface area contributed by atoms with E-state index in [0.717, 1.165) is 34.4 Å². The molecule has 1 saturated carbocycles.